The van der Waals surface area contributed by atoms with E-state index in [1.807, 2.05) is 44.2 Å². The largest absolute Gasteiger partial charge is 0.349 e. The highest BCUT2D eigenvalue weighted by atomic mass is 16.2. The Morgan fingerprint density at radius 1 is 1.05 bits per heavy atom. The molecule has 1 aromatic carbocycles. The predicted octanol–water partition coefficient (Wildman–Crippen LogP) is -0.0693. The lowest BCUT2D eigenvalue weighted by Gasteiger charge is -2.29. The van der Waals surface area contributed by atoms with Crippen LogP contribution in [0.15, 0.2) is 36.5 Å². The molecule has 5 rings (SSSR count). The molecule has 13 nitrogen and oxygen atoms in total. The lowest BCUT2D eigenvalue weighted by atomic mass is 10.00. The fourth-order valence-corrected chi connectivity index (χ4v) is 5.82. The Hall–Kier alpha value is -4.29. The molecule has 1 aromatic heterocycles. The van der Waals surface area contributed by atoms with Crippen molar-refractivity contribution < 1.29 is 24.0 Å². The summed E-state index contributed by atoms with van der Waals surface area (Å²) in [5.41, 5.74) is 1.38. The van der Waals surface area contributed by atoms with Crippen molar-refractivity contribution in [2.24, 2.45) is 5.92 Å². The third kappa shape index (κ3) is 6.60. The molecule has 13 heteroatoms. The van der Waals surface area contributed by atoms with Crippen LogP contribution in [0.4, 0.5) is 0 Å². The summed E-state index contributed by atoms with van der Waals surface area (Å²) in [7, 11) is 0. The number of fused-ring (bicyclic) bond motifs is 5. The maximum absolute atomic E-state index is 13.7. The third-order valence-electron chi connectivity index (χ3n) is 8.21. The van der Waals surface area contributed by atoms with Crippen molar-refractivity contribution in [2.75, 3.05) is 19.6 Å². The number of amides is 5. The van der Waals surface area contributed by atoms with Gasteiger partial charge in [-0.1, -0.05) is 49.4 Å². The summed E-state index contributed by atoms with van der Waals surface area (Å²) >= 11 is 0. The lowest BCUT2D eigenvalue weighted by molar-refractivity contribution is -0.140. The number of aromatic nitrogens is 3. The van der Waals surface area contributed by atoms with Crippen molar-refractivity contribution in [1.82, 2.24) is 40.7 Å². The van der Waals surface area contributed by atoms with Gasteiger partial charge in [0, 0.05) is 45.3 Å². The molecular formula is C29H38N8O5. The first kappa shape index (κ1) is 29.2. The van der Waals surface area contributed by atoms with Crippen molar-refractivity contribution in [1.29, 1.82) is 0 Å². The number of carbonyl (C=O) groups is 5. The number of hydrogen-bond donors (Lipinski definition) is 3. The molecule has 5 amide bonds. The average Bonchev–Trinajstić information content (AvgIpc) is 3.72. The van der Waals surface area contributed by atoms with E-state index < -0.39 is 29.9 Å². The number of likely N-dealkylation sites (tertiary alicyclic amines) is 2. The second kappa shape index (κ2) is 12.7. The Bertz CT molecular complexity index is 1330. The van der Waals surface area contributed by atoms with Gasteiger partial charge in [0.1, 0.15) is 23.8 Å². The molecule has 3 aliphatic rings. The Morgan fingerprint density at radius 2 is 1.83 bits per heavy atom. The van der Waals surface area contributed by atoms with Crippen molar-refractivity contribution in [2.45, 2.75) is 76.7 Å². The molecule has 224 valence electrons. The molecule has 3 aliphatic heterocycles. The van der Waals surface area contributed by atoms with Gasteiger partial charge in [0.05, 0.1) is 18.8 Å². The van der Waals surface area contributed by atoms with E-state index in [1.54, 1.807) is 15.8 Å². The first-order valence-electron chi connectivity index (χ1n) is 14.6. The van der Waals surface area contributed by atoms with Gasteiger partial charge in [0.2, 0.25) is 29.5 Å². The van der Waals surface area contributed by atoms with Gasteiger partial charge in [-0.15, -0.1) is 5.10 Å². The first-order chi connectivity index (χ1) is 20.2. The second-order valence-electron chi connectivity index (χ2n) is 11.6. The smallest absolute Gasteiger partial charge is 0.243 e. The van der Waals surface area contributed by atoms with Gasteiger partial charge in [0.25, 0.3) is 0 Å². The minimum absolute atomic E-state index is 0.0384. The Balaban J connectivity index is 1.39. The zero-order valence-electron chi connectivity index (χ0n) is 24.0. The van der Waals surface area contributed by atoms with E-state index in [-0.39, 0.29) is 55.6 Å². The van der Waals surface area contributed by atoms with E-state index in [0.717, 1.165) is 12.0 Å². The molecule has 0 spiro atoms. The summed E-state index contributed by atoms with van der Waals surface area (Å²) in [6.45, 7) is 4.91. The Kier molecular flexibility index (Phi) is 8.83. The molecule has 4 bridgehead atoms. The highest BCUT2D eigenvalue weighted by Crippen LogP contribution is 2.28. The van der Waals surface area contributed by atoms with Crippen LogP contribution in [0.5, 0.6) is 0 Å². The van der Waals surface area contributed by atoms with E-state index in [1.165, 1.54) is 4.90 Å². The SMILES string of the molecule is CC(C)[C@@H]1NC(=O)[C@@H]2C[C@@H](CN2C(=O)CCN2CCCC2=O)n2cc(nn2)CNC(=O)[C@@H](Cc2ccccc2)NC1=O. The quantitative estimate of drug-likeness (QED) is 0.433. The van der Waals surface area contributed by atoms with Crippen LogP contribution in [0.2, 0.25) is 0 Å². The van der Waals surface area contributed by atoms with Crippen molar-refractivity contribution in [3.63, 3.8) is 0 Å². The molecule has 4 atom stereocenters. The maximum Gasteiger partial charge on any atom is 0.243 e. The van der Waals surface area contributed by atoms with Crippen molar-refractivity contribution in [3.05, 3.63) is 47.8 Å². The molecule has 2 fully saturated rings. The summed E-state index contributed by atoms with van der Waals surface area (Å²) in [4.78, 5) is 69.2. The van der Waals surface area contributed by atoms with Gasteiger partial charge < -0.3 is 25.8 Å². The fraction of sp³-hybridized carbons (Fsp3) is 0.552. The number of nitrogens with zero attached hydrogens (tertiary/aromatic N) is 5. The Labute approximate surface area is 244 Å². The molecule has 0 saturated carbocycles. The molecule has 3 N–H and O–H groups in total. The Morgan fingerprint density at radius 3 is 2.55 bits per heavy atom. The number of rotatable bonds is 6. The van der Waals surface area contributed by atoms with Gasteiger partial charge in [-0.05, 0) is 17.9 Å². The predicted molar refractivity (Wildman–Crippen MR) is 150 cm³/mol. The van der Waals surface area contributed by atoms with Gasteiger partial charge in [0.15, 0.2) is 0 Å². The van der Waals surface area contributed by atoms with Crippen molar-refractivity contribution in [3.8, 4) is 0 Å². The number of nitrogens with one attached hydrogen (secondary N) is 3. The van der Waals surface area contributed by atoms with E-state index in [4.69, 9.17) is 0 Å². The molecule has 0 unspecified atom stereocenters. The summed E-state index contributed by atoms with van der Waals surface area (Å²) < 4.78 is 1.63. The maximum atomic E-state index is 13.7. The van der Waals surface area contributed by atoms with Crippen LogP contribution in [0.25, 0.3) is 0 Å². The summed E-state index contributed by atoms with van der Waals surface area (Å²) in [5.74, 6) is -1.79. The highest BCUT2D eigenvalue weighted by Gasteiger charge is 2.42. The fourth-order valence-electron chi connectivity index (χ4n) is 5.82. The van der Waals surface area contributed by atoms with Crippen LogP contribution >= 0.6 is 0 Å². The van der Waals surface area contributed by atoms with Gasteiger partial charge in [-0.2, -0.15) is 0 Å². The topological polar surface area (TPSA) is 159 Å². The molecule has 0 aliphatic carbocycles. The van der Waals surface area contributed by atoms with Crippen LogP contribution in [-0.2, 0) is 36.9 Å². The van der Waals surface area contributed by atoms with Crippen LogP contribution in [0.3, 0.4) is 0 Å². The summed E-state index contributed by atoms with van der Waals surface area (Å²) in [6, 6.07) is 6.39. The number of hydrogen-bond acceptors (Lipinski definition) is 7. The summed E-state index contributed by atoms with van der Waals surface area (Å²) in [5, 5.41) is 17.0. The van der Waals surface area contributed by atoms with Gasteiger partial charge in [-0.3, -0.25) is 24.0 Å². The lowest BCUT2D eigenvalue weighted by Crippen LogP contribution is -2.58. The minimum Gasteiger partial charge on any atom is -0.349 e. The van der Waals surface area contributed by atoms with E-state index in [0.29, 0.717) is 31.6 Å². The van der Waals surface area contributed by atoms with Gasteiger partial charge >= 0.3 is 0 Å². The highest BCUT2D eigenvalue weighted by molar-refractivity contribution is 5.95. The van der Waals surface area contributed by atoms with E-state index in [9.17, 15) is 24.0 Å². The average molecular weight is 579 g/mol. The van der Waals surface area contributed by atoms with Crippen LogP contribution < -0.4 is 16.0 Å². The number of benzene rings is 1. The van der Waals surface area contributed by atoms with Crippen LogP contribution in [0, 0.1) is 5.92 Å². The number of carbonyl (C=O) groups excluding carboxylic acids is 5. The van der Waals surface area contributed by atoms with Crippen LogP contribution in [-0.4, -0.2) is 92.1 Å². The van der Waals surface area contributed by atoms with Crippen molar-refractivity contribution >= 4 is 29.5 Å². The second-order valence-corrected chi connectivity index (χ2v) is 11.6. The third-order valence-corrected chi connectivity index (χ3v) is 8.21. The molecule has 42 heavy (non-hydrogen) atoms. The van der Waals surface area contributed by atoms with E-state index >= 15 is 0 Å². The van der Waals surface area contributed by atoms with E-state index in [2.05, 4.69) is 26.3 Å². The zero-order chi connectivity index (χ0) is 29.8. The normalized spacial score (nSPS) is 25.1. The monoisotopic (exact) mass is 578 g/mol. The zero-order valence-corrected chi connectivity index (χ0v) is 24.0. The van der Waals surface area contributed by atoms with Crippen LogP contribution in [0.1, 0.15) is 56.8 Å². The standard InChI is InChI=1S/C29H38N8O5/c1-18(2)26-29(42)31-22(13-19-7-4-3-5-8-19)27(40)30-15-20-16-37(34-33-20)21-14-23(28(41)32-26)36(17-21)25(39)10-12-35-11-6-9-24(35)38/h3-5,7-8,16,18,21-23,26H,6,9-15,17H2,1-2H3,(H,30,40)(H,31,42)(H,32,41)/t21-,22+,23-,26-/m0/s1. The first-order valence-corrected chi connectivity index (χ1v) is 14.6. The summed E-state index contributed by atoms with van der Waals surface area (Å²) in [6.07, 6.45) is 3.63. The molecule has 4 heterocycles. The van der Waals surface area contributed by atoms with Gasteiger partial charge in [-0.25, -0.2) is 4.68 Å². The molecule has 2 aromatic rings. The molecule has 2 saturated heterocycles. The molecule has 0 radical (unpaired) electrons. The molecular weight excluding hydrogens is 540 g/mol. The minimum atomic E-state index is -0.927.